The van der Waals surface area contributed by atoms with Crippen LogP contribution in [-0.4, -0.2) is 21.4 Å². The number of nitrogen functional groups attached to an aromatic ring is 1. The third-order valence-corrected chi connectivity index (χ3v) is 2.65. The molecule has 1 aromatic carbocycles. The Balaban J connectivity index is 2.15. The van der Waals surface area contributed by atoms with Gasteiger partial charge < -0.3 is 20.4 Å². The molecule has 0 amide bonds. The molecule has 7 heteroatoms. The van der Waals surface area contributed by atoms with E-state index in [0.29, 0.717) is 24.5 Å². The molecule has 0 unspecified atom stereocenters. The van der Waals surface area contributed by atoms with Crippen molar-refractivity contribution in [3.8, 4) is 5.75 Å². The third kappa shape index (κ3) is 2.93. The first-order chi connectivity index (χ1) is 9.11. The normalized spacial score (nSPS) is 10.5. The van der Waals surface area contributed by atoms with Crippen molar-refractivity contribution in [3.05, 3.63) is 30.1 Å². The lowest BCUT2D eigenvalue weighted by atomic mass is 10.2. The highest BCUT2D eigenvalue weighted by molar-refractivity contribution is 5.68. The molecule has 0 saturated carbocycles. The maximum Gasteiger partial charge on any atom is 0.167 e. The SMILES string of the molecule is CCOc1cc(NCc2nncn2C)c(N)cc1F. The molecular weight excluding hydrogens is 249 g/mol. The van der Waals surface area contributed by atoms with Crippen molar-refractivity contribution < 1.29 is 9.13 Å². The Kier molecular flexibility index (Phi) is 3.84. The lowest BCUT2D eigenvalue weighted by molar-refractivity contribution is 0.322. The molecule has 0 aliphatic carbocycles. The van der Waals surface area contributed by atoms with Gasteiger partial charge in [-0.2, -0.15) is 0 Å². The number of ether oxygens (including phenoxy) is 1. The summed E-state index contributed by atoms with van der Waals surface area (Å²) in [5, 5.41) is 10.8. The van der Waals surface area contributed by atoms with Crippen LogP contribution in [0.5, 0.6) is 5.75 Å². The van der Waals surface area contributed by atoms with E-state index in [1.165, 1.54) is 6.07 Å². The van der Waals surface area contributed by atoms with Crippen LogP contribution in [0.1, 0.15) is 12.7 Å². The van der Waals surface area contributed by atoms with Gasteiger partial charge >= 0.3 is 0 Å². The molecule has 0 fully saturated rings. The van der Waals surface area contributed by atoms with E-state index < -0.39 is 5.82 Å². The van der Waals surface area contributed by atoms with Crippen LogP contribution < -0.4 is 15.8 Å². The molecule has 19 heavy (non-hydrogen) atoms. The summed E-state index contributed by atoms with van der Waals surface area (Å²) in [6.07, 6.45) is 1.61. The molecule has 1 heterocycles. The van der Waals surface area contributed by atoms with Gasteiger partial charge in [0.05, 0.1) is 24.5 Å². The Morgan fingerprint density at radius 3 is 2.89 bits per heavy atom. The minimum Gasteiger partial charge on any atom is -0.491 e. The molecule has 0 atom stereocenters. The van der Waals surface area contributed by atoms with Crippen molar-refractivity contribution in [1.82, 2.24) is 14.8 Å². The van der Waals surface area contributed by atoms with Gasteiger partial charge in [-0.3, -0.25) is 0 Å². The fourth-order valence-corrected chi connectivity index (χ4v) is 1.63. The van der Waals surface area contributed by atoms with E-state index in [-0.39, 0.29) is 5.75 Å². The number of aromatic nitrogens is 3. The van der Waals surface area contributed by atoms with Crippen LogP contribution in [0, 0.1) is 5.82 Å². The molecule has 0 saturated heterocycles. The fraction of sp³-hybridized carbons (Fsp3) is 0.333. The number of halogens is 1. The topological polar surface area (TPSA) is 78.0 Å². The first-order valence-electron chi connectivity index (χ1n) is 5.90. The number of nitrogens with two attached hydrogens (primary N) is 1. The second-order valence-electron chi connectivity index (χ2n) is 4.01. The number of aryl methyl sites for hydroxylation is 1. The summed E-state index contributed by atoms with van der Waals surface area (Å²) in [4.78, 5) is 0. The van der Waals surface area contributed by atoms with Gasteiger partial charge in [0, 0.05) is 19.2 Å². The highest BCUT2D eigenvalue weighted by atomic mass is 19.1. The Bertz CT molecular complexity index is 569. The zero-order chi connectivity index (χ0) is 13.8. The Morgan fingerprint density at radius 2 is 2.26 bits per heavy atom. The Hall–Kier alpha value is -2.31. The van der Waals surface area contributed by atoms with E-state index in [1.807, 2.05) is 7.05 Å². The minimum absolute atomic E-state index is 0.178. The van der Waals surface area contributed by atoms with Crippen LogP contribution in [0.3, 0.4) is 0 Å². The maximum absolute atomic E-state index is 13.5. The van der Waals surface area contributed by atoms with Gasteiger partial charge in [-0.1, -0.05) is 0 Å². The van der Waals surface area contributed by atoms with Gasteiger partial charge in [0.2, 0.25) is 0 Å². The second-order valence-corrected chi connectivity index (χ2v) is 4.01. The van der Waals surface area contributed by atoms with Gasteiger partial charge in [0.25, 0.3) is 0 Å². The summed E-state index contributed by atoms with van der Waals surface area (Å²) < 4.78 is 20.5. The molecule has 6 nitrogen and oxygen atoms in total. The van der Waals surface area contributed by atoms with E-state index in [1.54, 1.807) is 23.9 Å². The van der Waals surface area contributed by atoms with Gasteiger partial charge in [-0.25, -0.2) is 4.39 Å². The molecule has 0 radical (unpaired) electrons. The molecule has 2 rings (SSSR count). The van der Waals surface area contributed by atoms with Crippen LogP contribution in [0.25, 0.3) is 0 Å². The lowest BCUT2D eigenvalue weighted by Gasteiger charge is -2.12. The van der Waals surface area contributed by atoms with Gasteiger partial charge in [0.15, 0.2) is 17.4 Å². The van der Waals surface area contributed by atoms with Crippen molar-refractivity contribution in [2.24, 2.45) is 7.05 Å². The van der Waals surface area contributed by atoms with Crippen molar-refractivity contribution in [2.75, 3.05) is 17.7 Å². The monoisotopic (exact) mass is 265 g/mol. The number of nitrogens with one attached hydrogen (secondary N) is 1. The fourth-order valence-electron chi connectivity index (χ4n) is 1.63. The average molecular weight is 265 g/mol. The number of hydrogen-bond donors (Lipinski definition) is 2. The summed E-state index contributed by atoms with van der Waals surface area (Å²) in [5.41, 5.74) is 6.69. The molecule has 2 aromatic rings. The summed E-state index contributed by atoms with van der Waals surface area (Å²) in [5.74, 6) is 0.461. The van der Waals surface area contributed by atoms with Crippen molar-refractivity contribution in [2.45, 2.75) is 13.5 Å². The van der Waals surface area contributed by atoms with Crippen molar-refractivity contribution in [3.63, 3.8) is 0 Å². The molecule has 102 valence electrons. The molecule has 1 aromatic heterocycles. The third-order valence-electron chi connectivity index (χ3n) is 2.65. The highest BCUT2D eigenvalue weighted by Crippen LogP contribution is 2.28. The number of nitrogens with zero attached hydrogens (tertiary/aromatic N) is 3. The highest BCUT2D eigenvalue weighted by Gasteiger charge is 2.09. The molecule has 3 N–H and O–H groups in total. The molecular formula is C12H16FN5O. The predicted molar refractivity (Wildman–Crippen MR) is 70.3 cm³/mol. The van der Waals surface area contributed by atoms with E-state index in [4.69, 9.17) is 10.5 Å². The zero-order valence-corrected chi connectivity index (χ0v) is 10.9. The standard InChI is InChI=1S/C12H16FN5O/c1-3-19-11-5-10(9(14)4-8(11)13)15-6-12-17-16-7-18(12)2/h4-5,7,15H,3,6,14H2,1-2H3. The molecule has 0 aliphatic heterocycles. The zero-order valence-electron chi connectivity index (χ0n) is 10.9. The van der Waals surface area contributed by atoms with Gasteiger partial charge in [0.1, 0.15) is 6.33 Å². The summed E-state index contributed by atoms with van der Waals surface area (Å²) in [6, 6.07) is 2.79. The van der Waals surface area contributed by atoms with E-state index in [0.717, 1.165) is 5.82 Å². The van der Waals surface area contributed by atoms with Crippen LogP contribution in [0.15, 0.2) is 18.5 Å². The summed E-state index contributed by atoms with van der Waals surface area (Å²) in [6.45, 7) is 2.63. The van der Waals surface area contributed by atoms with Crippen molar-refractivity contribution in [1.29, 1.82) is 0 Å². The van der Waals surface area contributed by atoms with Gasteiger partial charge in [-0.15, -0.1) is 10.2 Å². The van der Waals surface area contributed by atoms with Crippen LogP contribution in [-0.2, 0) is 13.6 Å². The first-order valence-corrected chi connectivity index (χ1v) is 5.90. The quantitative estimate of drug-likeness (QED) is 0.802. The molecule has 0 aliphatic rings. The first kappa shape index (κ1) is 13.1. The van der Waals surface area contributed by atoms with Crippen LogP contribution >= 0.6 is 0 Å². The summed E-state index contributed by atoms with van der Waals surface area (Å²) >= 11 is 0. The lowest BCUT2D eigenvalue weighted by Crippen LogP contribution is -2.08. The van der Waals surface area contributed by atoms with Gasteiger partial charge in [-0.05, 0) is 6.92 Å². The minimum atomic E-state index is -0.469. The number of anilines is 2. The predicted octanol–water partition coefficient (Wildman–Crippen LogP) is 1.55. The largest absolute Gasteiger partial charge is 0.491 e. The Labute approximate surface area is 110 Å². The maximum atomic E-state index is 13.5. The van der Waals surface area contributed by atoms with E-state index in [9.17, 15) is 4.39 Å². The number of hydrogen-bond acceptors (Lipinski definition) is 5. The second kappa shape index (κ2) is 5.55. The van der Waals surface area contributed by atoms with Crippen LogP contribution in [0.2, 0.25) is 0 Å². The smallest absolute Gasteiger partial charge is 0.167 e. The van der Waals surface area contributed by atoms with Crippen LogP contribution in [0.4, 0.5) is 15.8 Å². The van der Waals surface area contributed by atoms with Crippen molar-refractivity contribution >= 4 is 11.4 Å². The van der Waals surface area contributed by atoms with E-state index in [2.05, 4.69) is 15.5 Å². The molecule has 0 bridgehead atoms. The Morgan fingerprint density at radius 1 is 1.47 bits per heavy atom. The summed E-state index contributed by atoms with van der Waals surface area (Å²) in [7, 11) is 1.84. The van der Waals surface area contributed by atoms with E-state index >= 15 is 0 Å². The average Bonchev–Trinajstić information content (AvgIpc) is 2.77. The number of rotatable bonds is 5. The number of benzene rings is 1. The molecule has 0 spiro atoms.